The van der Waals surface area contributed by atoms with Gasteiger partial charge in [-0.25, -0.2) is 0 Å². The predicted molar refractivity (Wildman–Crippen MR) is 78.5 cm³/mol. The SMILES string of the molecule is COc1ccc(C(=O)Nc2cc(C)cc(C)c2)c(O)c1. The summed E-state index contributed by atoms with van der Waals surface area (Å²) in [5.41, 5.74) is 3.06. The maximum absolute atomic E-state index is 12.1. The molecule has 0 spiro atoms. The molecule has 0 fully saturated rings. The molecule has 2 aromatic carbocycles. The van der Waals surface area contributed by atoms with E-state index >= 15 is 0 Å². The summed E-state index contributed by atoms with van der Waals surface area (Å²) in [7, 11) is 1.50. The molecule has 0 bridgehead atoms. The Bertz CT molecular complexity index is 630. The van der Waals surface area contributed by atoms with Gasteiger partial charge in [0.15, 0.2) is 0 Å². The Morgan fingerprint density at radius 2 is 1.75 bits per heavy atom. The van der Waals surface area contributed by atoms with Gasteiger partial charge in [0.1, 0.15) is 11.5 Å². The molecular formula is C16H17NO3. The van der Waals surface area contributed by atoms with Crippen molar-refractivity contribution < 1.29 is 14.6 Å². The lowest BCUT2D eigenvalue weighted by Crippen LogP contribution is -2.12. The van der Waals surface area contributed by atoms with E-state index in [0.29, 0.717) is 11.4 Å². The van der Waals surface area contributed by atoms with Crippen LogP contribution in [-0.4, -0.2) is 18.1 Å². The summed E-state index contributed by atoms with van der Waals surface area (Å²) in [5, 5.41) is 12.6. The Hall–Kier alpha value is -2.49. The number of ether oxygens (including phenoxy) is 1. The maximum atomic E-state index is 12.1. The number of aryl methyl sites for hydroxylation is 2. The number of hydrogen-bond acceptors (Lipinski definition) is 3. The summed E-state index contributed by atoms with van der Waals surface area (Å²) in [5.74, 6) is 0.0480. The third kappa shape index (κ3) is 3.09. The van der Waals surface area contributed by atoms with Crippen molar-refractivity contribution in [2.24, 2.45) is 0 Å². The maximum Gasteiger partial charge on any atom is 0.259 e. The largest absolute Gasteiger partial charge is 0.507 e. The van der Waals surface area contributed by atoms with E-state index in [0.717, 1.165) is 11.1 Å². The number of anilines is 1. The molecule has 0 radical (unpaired) electrons. The van der Waals surface area contributed by atoms with Crippen LogP contribution in [0.5, 0.6) is 11.5 Å². The molecule has 0 saturated heterocycles. The summed E-state index contributed by atoms with van der Waals surface area (Å²) in [6.45, 7) is 3.93. The number of aromatic hydroxyl groups is 1. The van der Waals surface area contributed by atoms with Crippen molar-refractivity contribution in [3.05, 3.63) is 53.1 Å². The average molecular weight is 271 g/mol. The average Bonchev–Trinajstić information content (AvgIpc) is 2.36. The van der Waals surface area contributed by atoms with Crippen LogP contribution < -0.4 is 10.1 Å². The molecule has 0 unspecified atom stereocenters. The molecule has 0 atom stereocenters. The summed E-state index contributed by atoms with van der Waals surface area (Å²) >= 11 is 0. The van der Waals surface area contributed by atoms with E-state index in [2.05, 4.69) is 5.32 Å². The van der Waals surface area contributed by atoms with Crippen LogP contribution in [-0.2, 0) is 0 Å². The summed E-state index contributed by atoms with van der Waals surface area (Å²) in [4.78, 5) is 12.1. The van der Waals surface area contributed by atoms with Crippen molar-refractivity contribution in [1.29, 1.82) is 0 Å². The first-order chi connectivity index (χ1) is 9.49. The first-order valence-corrected chi connectivity index (χ1v) is 6.26. The molecule has 4 heteroatoms. The molecule has 2 aromatic rings. The van der Waals surface area contributed by atoms with E-state index in [4.69, 9.17) is 4.74 Å². The third-order valence-corrected chi connectivity index (χ3v) is 2.93. The molecule has 20 heavy (non-hydrogen) atoms. The van der Waals surface area contributed by atoms with Crippen molar-refractivity contribution in [2.45, 2.75) is 13.8 Å². The number of phenolic OH excluding ortho intramolecular Hbond substituents is 1. The predicted octanol–water partition coefficient (Wildman–Crippen LogP) is 3.27. The molecule has 0 aliphatic carbocycles. The number of hydrogen-bond donors (Lipinski definition) is 2. The number of carbonyl (C=O) groups is 1. The second kappa shape index (κ2) is 5.65. The van der Waals surface area contributed by atoms with E-state index in [1.54, 1.807) is 6.07 Å². The lowest BCUT2D eigenvalue weighted by Gasteiger charge is -2.09. The highest BCUT2D eigenvalue weighted by Gasteiger charge is 2.12. The van der Waals surface area contributed by atoms with Crippen molar-refractivity contribution in [3.63, 3.8) is 0 Å². The van der Waals surface area contributed by atoms with Gasteiger partial charge in [-0.3, -0.25) is 4.79 Å². The van der Waals surface area contributed by atoms with Gasteiger partial charge in [0.25, 0.3) is 5.91 Å². The smallest absolute Gasteiger partial charge is 0.259 e. The highest BCUT2D eigenvalue weighted by Crippen LogP contribution is 2.24. The van der Waals surface area contributed by atoms with Crippen LogP contribution >= 0.6 is 0 Å². The lowest BCUT2D eigenvalue weighted by molar-refractivity contribution is 0.102. The molecule has 2 N–H and O–H groups in total. The van der Waals surface area contributed by atoms with Crippen molar-refractivity contribution >= 4 is 11.6 Å². The first-order valence-electron chi connectivity index (χ1n) is 6.26. The fourth-order valence-corrected chi connectivity index (χ4v) is 2.08. The molecule has 2 rings (SSSR count). The molecule has 0 aromatic heterocycles. The molecule has 0 saturated carbocycles. The lowest BCUT2D eigenvalue weighted by atomic mass is 10.1. The van der Waals surface area contributed by atoms with E-state index < -0.39 is 0 Å². The Kier molecular flexibility index (Phi) is 3.94. The van der Waals surface area contributed by atoms with Crippen LogP contribution in [0, 0.1) is 13.8 Å². The summed E-state index contributed by atoms with van der Waals surface area (Å²) < 4.78 is 4.99. The van der Waals surface area contributed by atoms with Crippen molar-refractivity contribution in [3.8, 4) is 11.5 Å². The molecule has 1 amide bonds. The Morgan fingerprint density at radius 3 is 2.30 bits per heavy atom. The highest BCUT2D eigenvalue weighted by atomic mass is 16.5. The van der Waals surface area contributed by atoms with Crippen LogP contribution in [0.15, 0.2) is 36.4 Å². The van der Waals surface area contributed by atoms with Crippen LogP contribution in [0.2, 0.25) is 0 Å². The van der Waals surface area contributed by atoms with Gasteiger partial charge in [-0.2, -0.15) is 0 Å². The Morgan fingerprint density at radius 1 is 1.10 bits per heavy atom. The van der Waals surface area contributed by atoms with Gasteiger partial charge < -0.3 is 15.2 Å². The van der Waals surface area contributed by atoms with Gasteiger partial charge in [0.05, 0.1) is 12.7 Å². The minimum atomic E-state index is -0.352. The number of rotatable bonds is 3. The number of amides is 1. The Labute approximate surface area is 118 Å². The number of benzene rings is 2. The molecule has 0 aliphatic rings. The van der Waals surface area contributed by atoms with Crippen molar-refractivity contribution in [2.75, 3.05) is 12.4 Å². The van der Waals surface area contributed by atoms with E-state index in [9.17, 15) is 9.90 Å². The quantitative estimate of drug-likeness (QED) is 0.900. The monoisotopic (exact) mass is 271 g/mol. The summed E-state index contributed by atoms with van der Waals surface area (Å²) in [6.07, 6.45) is 0. The summed E-state index contributed by atoms with van der Waals surface area (Å²) in [6, 6.07) is 10.4. The fraction of sp³-hybridized carbons (Fsp3) is 0.188. The van der Waals surface area contributed by atoms with Crippen LogP contribution in [0.1, 0.15) is 21.5 Å². The molecule has 0 aliphatic heterocycles. The van der Waals surface area contributed by atoms with Gasteiger partial charge in [-0.15, -0.1) is 0 Å². The third-order valence-electron chi connectivity index (χ3n) is 2.93. The van der Waals surface area contributed by atoms with Gasteiger partial charge >= 0.3 is 0 Å². The number of methoxy groups -OCH3 is 1. The van der Waals surface area contributed by atoms with E-state index in [1.165, 1.54) is 19.2 Å². The van der Waals surface area contributed by atoms with Gasteiger partial charge in [-0.1, -0.05) is 6.07 Å². The van der Waals surface area contributed by atoms with Gasteiger partial charge in [0, 0.05) is 11.8 Å². The highest BCUT2D eigenvalue weighted by molar-refractivity contribution is 6.06. The van der Waals surface area contributed by atoms with Crippen molar-refractivity contribution in [1.82, 2.24) is 0 Å². The van der Waals surface area contributed by atoms with Gasteiger partial charge in [0.2, 0.25) is 0 Å². The molecule has 104 valence electrons. The zero-order valence-electron chi connectivity index (χ0n) is 11.7. The molecular weight excluding hydrogens is 254 g/mol. The Balaban J connectivity index is 2.23. The van der Waals surface area contributed by atoms with Crippen LogP contribution in [0.25, 0.3) is 0 Å². The van der Waals surface area contributed by atoms with E-state index in [-0.39, 0.29) is 17.2 Å². The number of nitrogens with one attached hydrogen (secondary N) is 1. The van der Waals surface area contributed by atoms with Crippen LogP contribution in [0.4, 0.5) is 5.69 Å². The number of phenols is 1. The minimum absolute atomic E-state index is 0.105. The minimum Gasteiger partial charge on any atom is -0.507 e. The van der Waals surface area contributed by atoms with Gasteiger partial charge in [-0.05, 0) is 49.2 Å². The first kappa shape index (κ1) is 13.9. The normalized spacial score (nSPS) is 10.2. The molecule has 0 heterocycles. The zero-order chi connectivity index (χ0) is 14.7. The number of carbonyl (C=O) groups excluding carboxylic acids is 1. The second-order valence-corrected chi connectivity index (χ2v) is 4.71. The molecule has 4 nitrogen and oxygen atoms in total. The topological polar surface area (TPSA) is 58.6 Å². The fourth-order valence-electron chi connectivity index (χ4n) is 2.08. The zero-order valence-corrected chi connectivity index (χ0v) is 11.7. The second-order valence-electron chi connectivity index (χ2n) is 4.71. The standard InChI is InChI=1S/C16H17NO3/c1-10-6-11(2)8-12(7-10)17-16(19)14-5-4-13(20-3)9-15(14)18/h4-9,18H,1-3H3,(H,17,19). The van der Waals surface area contributed by atoms with Crippen LogP contribution in [0.3, 0.4) is 0 Å². The van der Waals surface area contributed by atoms with E-state index in [1.807, 2.05) is 32.0 Å².